The topological polar surface area (TPSA) is 79.2 Å². The minimum Gasteiger partial charge on any atom is -0.390 e. The molecule has 2 aliphatic heterocycles. The normalized spacial score (nSPS) is 64.0. The molecule has 0 bridgehead atoms. The van der Waals surface area contributed by atoms with Crippen LogP contribution in [0.15, 0.2) is 0 Å². The minimum absolute atomic E-state index is 0.0661. The summed E-state index contributed by atoms with van der Waals surface area (Å²) >= 11 is 0. The van der Waals surface area contributed by atoms with E-state index in [1.807, 2.05) is 0 Å². The molecule has 0 amide bonds. The summed E-state index contributed by atoms with van der Waals surface area (Å²) in [6.45, 7) is 10.2. The summed E-state index contributed by atoms with van der Waals surface area (Å²) < 4.78 is 13.1. The number of fused-ring (bicyclic) bond motifs is 7. The Bertz CT molecular complexity index is 748. The fourth-order valence-corrected chi connectivity index (χ4v) is 10.3. The van der Waals surface area contributed by atoms with Crippen LogP contribution in [0.2, 0.25) is 0 Å². The molecule has 4 aliphatic carbocycles. The van der Waals surface area contributed by atoms with Gasteiger partial charge in [0.05, 0.1) is 31.0 Å². The maximum atomic E-state index is 11.8. The van der Waals surface area contributed by atoms with E-state index < -0.39 is 24.1 Å². The van der Waals surface area contributed by atoms with Crippen LogP contribution in [-0.2, 0) is 9.47 Å². The van der Waals surface area contributed by atoms with Crippen molar-refractivity contribution in [3.8, 4) is 0 Å². The van der Waals surface area contributed by atoms with Gasteiger partial charge in [-0.15, -0.1) is 0 Å². The molecule has 6 fully saturated rings. The van der Waals surface area contributed by atoms with Gasteiger partial charge in [0.15, 0.2) is 5.79 Å². The van der Waals surface area contributed by atoms with Gasteiger partial charge >= 0.3 is 0 Å². The molecule has 0 unspecified atom stereocenters. The van der Waals surface area contributed by atoms with Crippen molar-refractivity contribution >= 4 is 0 Å². The maximum Gasteiger partial charge on any atom is 0.171 e. The molecule has 1 spiro atoms. The van der Waals surface area contributed by atoms with Gasteiger partial charge in [0.2, 0.25) is 0 Å². The SMILES string of the molecule is C[C@@H]1CC[C@@]2(OC1)O[C@H]1[C@@H](O)[C@H]3[C@@H]4CC[C@H]5C[C@H](O)[C@@H](O)C[C@]5(C)[C@H]4CC[C@]3(C)[C@H]1[C@@H]2C. The number of aliphatic hydroxyl groups is 3. The monoisotopic (exact) mass is 448 g/mol. The molecule has 5 heteroatoms. The molecule has 0 aromatic heterocycles. The lowest BCUT2D eigenvalue weighted by Crippen LogP contribution is -2.58. The molecular weight excluding hydrogens is 404 g/mol. The van der Waals surface area contributed by atoms with Gasteiger partial charge < -0.3 is 24.8 Å². The average molecular weight is 449 g/mol. The summed E-state index contributed by atoms with van der Waals surface area (Å²) in [5.74, 6) is 2.49. The largest absolute Gasteiger partial charge is 0.390 e. The lowest BCUT2D eigenvalue weighted by molar-refractivity contribution is -0.282. The van der Waals surface area contributed by atoms with E-state index in [9.17, 15) is 15.3 Å². The first-order valence-corrected chi connectivity index (χ1v) is 13.5. The van der Waals surface area contributed by atoms with E-state index in [0.29, 0.717) is 41.9 Å². The zero-order valence-corrected chi connectivity index (χ0v) is 20.4. The second kappa shape index (κ2) is 7.16. The predicted molar refractivity (Wildman–Crippen MR) is 121 cm³/mol. The lowest BCUT2D eigenvalue weighted by Gasteiger charge is -2.62. The number of hydrogen-bond donors (Lipinski definition) is 3. The molecule has 3 N–H and O–H groups in total. The fourth-order valence-electron chi connectivity index (χ4n) is 10.3. The third-order valence-corrected chi connectivity index (χ3v) is 12.0. The van der Waals surface area contributed by atoms with Crippen LogP contribution in [0.5, 0.6) is 0 Å². The van der Waals surface area contributed by atoms with Crippen LogP contribution < -0.4 is 0 Å². The first-order chi connectivity index (χ1) is 15.1. The van der Waals surface area contributed by atoms with Crippen molar-refractivity contribution in [3.63, 3.8) is 0 Å². The third kappa shape index (κ3) is 2.75. The molecule has 6 rings (SSSR count). The highest BCUT2D eigenvalue weighted by Gasteiger charge is 2.72. The highest BCUT2D eigenvalue weighted by atomic mass is 16.7. The van der Waals surface area contributed by atoms with Crippen LogP contribution in [0.3, 0.4) is 0 Å². The number of aliphatic hydroxyl groups excluding tert-OH is 3. The Labute approximate surface area is 193 Å². The van der Waals surface area contributed by atoms with Gasteiger partial charge in [-0.05, 0) is 85.4 Å². The van der Waals surface area contributed by atoms with Crippen molar-refractivity contribution in [1.82, 2.24) is 0 Å². The van der Waals surface area contributed by atoms with Gasteiger partial charge in [0.25, 0.3) is 0 Å². The molecule has 0 radical (unpaired) electrons. The molecular formula is C27H44O5. The predicted octanol–water partition coefficient (Wildman–Crippen LogP) is 3.74. The summed E-state index contributed by atoms with van der Waals surface area (Å²) in [5.41, 5.74) is 0.146. The van der Waals surface area contributed by atoms with Crippen molar-refractivity contribution in [2.75, 3.05) is 6.61 Å². The van der Waals surface area contributed by atoms with Gasteiger partial charge in [0.1, 0.15) is 0 Å². The van der Waals surface area contributed by atoms with E-state index in [-0.39, 0.29) is 22.9 Å². The highest BCUT2D eigenvalue weighted by Crippen LogP contribution is 2.71. The summed E-state index contributed by atoms with van der Waals surface area (Å²) in [7, 11) is 0. The van der Waals surface area contributed by atoms with E-state index in [1.165, 1.54) is 6.42 Å². The van der Waals surface area contributed by atoms with Crippen molar-refractivity contribution < 1.29 is 24.8 Å². The van der Waals surface area contributed by atoms with Crippen molar-refractivity contribution in [2.24, 2.45) is 52.3 Å². The number of ether oxygens (including phenoxy) is 2. The maximum absolute atomic E-state index is 11.8. The summed E-state index contributed by atoms with van der Waals surface area (Å²) in [6, 6.07) is 0. The first-order valence-electron chi connectivity index (χ1n) is 13.5. The quantitative estimate of drug-likeness (QED) is 0.526. The van der Waals surface area contributed by atoms with E-state index in [1.54, 1.807) is 0 Å². The zero-order valence-electron chi connectivity index (χ0n) is 20.4. The van der Waals surface area contributed by atoms with Crippen LogP contribution in [0.4, 0.5) is 0 Å². The highest BCUT2D eigenvalue weighted by molar-refractivity contribution is 5.18. The average Bonchev–Trinajstić information content (AvgIpc) is 3.15. The molecule has 5 nitrogen and oxygen atoms in total. The van der Waals surface area contributed by atoms with Crippen LogP contribution in [0.25, 0.3) is 0 Å². The van der Waals surface area contributed by atoms with Crippen LogP contribution >= 0.6 is 0 Å². The second-order valence-electron chi connectivity index (χ2n) is 13.3. The molecule has 4 saturated carbocycles. The van der Waals surface area contributed by atoms with Gasteiger partial charge in [-0.3, -0.25) is 0 Å². The van der Waals surface area contributed by atoms with Gasteiger partial charge in [0, 0.05) is 18.3 Å². The van der Waals surface area contributed by atoms with Crippen molar-refractivity contribution in [3.05, 3.63) is 0 Å². The fraction of sp³-hybridized carbons (Fsp3) is 1.00. The van der Waals surface area contributed by atoms with Crippen LogP contribution in [0, 0.1) is 52.3 Å². The van der Waals surface area contributed by atoms with Gasteiger partial charge in [-0.25, -0.2) is 0 Å². The number of rotatable bonds is 0. The van der Waals surface area contributed by atoms with E-state index in [2.05, 4.69) is 27.7 Å². The molecule has 2 saturated heterocycles. The third-order valence-electron chi connectivity index (χ3n) is 12.0. The Morgan fingerprint density at radius 1 is 0.844 bits per heavy atom. The Balaban J connectivity index is 1.30. The molecule has 6 aliphatic rings. The second-order valence-corrected chi connectivity index (χ2v) is 13.3. The van der Waals surface area contributed by atoms with E-state index >= 15 is 0 Å². The van der Waals surface area contributed by atoms with Crippen LogP contribution in [-0.4, -0.2) is 52.1 Å². The smallest absolute Gasteiger partial charge is 0.171 e. The molecule has 14 atom stereocenters. The van der Waals surface area contributed by atoms with Crippen molar-refractivity contribution in [1.29, 1.82) is 0 Å². The molecule has 0 aromatic carbocycles. The van der Waals surface area contributed by atoms with Crippen molar-refractivity contribution in [2.45, 2.75) is 109 Å². The molecule has 2 heterocycles. The zero-order chi connectivity index (χ0) is 22.6. The Kier molecular flexibility index (Phi) is 4.99. The first kappa shape index (κ1) is 22.3. The molecule has 32 heavy (non-hydrogen) atoms. The summed E-state index contributed by atoms with van der Waals surface area (Å²) in [4.78, 5) is 0. The van der Waals surface area contributed by atoms with E-state index in [4.69, 9.17) is 9.47 Å². The van der Waals surface area contributed by atoms with E-state index in [0.717, 1.165) is 45.1 Å². The van der Waals surface area contributed by atoms with Crippen LogP contribution in [0.1, 0.15) is 79.1 Å². The molecule has 182 valence electrons. The Hall–Kier alpha value is -0.200. The Morgan fingerprint density at radius 3 is 2.34 bits per heavy atom. The standard InChI is InChI=1S/C27H44O5/c1-14-7-10-27(31-13-14)15(2)21-24(32-27)23(30)22-17-6-5-16-11-19(28)20(29)12-26(16,4)18(17)8-9-25(21,22)3/h14-24,28-30H,5-13H2,1-4H3/t14-,15+,16+,17-,18+,19+,20+,21+,22-,23+,24-,25-,26+,27-/m1/s1. The Morgan fingerprint density at radius 2 is 1.62 bits per heavy atom. The summed E-state index contributed by atoms with van der Waals surface area (Å²) in [5, 5.41) is 32.7. The number of hydrogen-bond acceptors (Lipinski definition) is 5. The lowest BCUT2D eigenvalue weighted by atomic mass is 9.44. The minimum atomic E-state index is -0.606. The molecule has 0 aromatic rings. The summed E-state index contributed by atoms with van der Waals surface area (Å²) in [6.07, 6.45) is 6.33. The van der Waals surface area contributed by atoms with Gasteiger partial charge in [-0.1, -0.05) is 27.7 Å². The van der Waals surface area contributed by atoms with Gasteiger partial charge in [-0.2, -0.15) is 0 Å².